The molecule has 9 nitrogen and oxygen atoms in total. The van der Waals surface area contributed by atoms with Gasteiger partial charge in [-0.05, 0) is 42.5 Å². The number of nitrogens with one attached hydrogen (secondary N) is 1. The Hall–Kier alpha value is -3.72. The van der Waals surface area contributed by atoms with E-state index in [4.69, 9.17) is 20.5 Å². The molecule has 3 heterocycles. The standard InChI is InChI=1S/C19H14ClN5O4/c20-13-5-3-12(4-6-13)18-22-19(29-24-18)15-7-8-17(27)25(23-15)11-16(26)21-10-14-2-1-9-28-14/h1-9H,10-11H2,(H,21,26). The SMILES string of the molecule is O=C(Cn1nc(-c2nc(-c3ccc(Cl)cc3)no2)ccc1=O)NCc1ccco1. The van der Waals surface area contributed by atoms with Crippen LogP contribution in [0.2, 0.25) is 5.02 Å². The van der Waals surface area contributed by atoms with Gasteiger partial charge in [-0.2, -0.15) is 10.1 Å². The Morgan fingerprint density at radius 3 is 2.72 bits per heavy atom. The van der Waals surface area contributed by atoms with Crippen LogP contribution in [0.3, 0.4) is 0 Å². The lowest BCUT2D eigenvalue weighted by atomic mass is 10.2. The average molecular weight is 412 g/mol. The van der Waals surface area contributed by atoms with E-state index in [1.54, 1.807) is 36.4 Å². The van der Waals surface area contributed by atoms with Crippen LogP contribution in [-0.4, -0.2) is 25.8 Å². The highest BCUT2D eigenvalue weighted by atomic mass is 35.5. The number of halogens is 1. The molecule has 0 spiro atoms. The highest BCUT2D eigenvalue weighted by molar-refractivity contribution is 6.30. The maximum atomic E-state index is 12.1. The van der Waals surface area contributed by atoms with Crippen LogP contribution in [0.25, 0.3) is 23.0 Å². The zero-order valence-electron chi connectivity index (χ0n) is 14.9. The fourth-order valence-electron chi connectivity index (χ4n) is 2.51. The number of rotatable bonds is 6. The highest BCUT2D eigenvalue weighted by Crippen LogP contribution is 2.21. The van der Waals surface area contributed by atoms with Gasteiger partial charge in [0.25, 0.3) is 11.4 Å². The van der Waals surface area contributed by atoms with E-state index >= 15 is 0 Å². The van der Waals surface area contributed by atoms with Crippen molar-refractivity contribution in [3.8, 4) is 23.0 Å². The van der Waals surface area contributed by atoms with Crippen LogP contribution < -0.4 is 10.9 Å². The molecule has 0 unspecified atom stereocenters. The number of nitrogens with zero attached hydrogens (tertiary/aromatic N) is 4. The minimum absolute atomic E-state index is 0.125. The number of hydrogen-bond donors (Lipinski definition) is 1. The predicted octanol–water partition coefficient (Wildman–Crippen LogP) is 2.52. The van der Waals surface area contributed by atoms with E-state index < -0.39 is 5.56 Å². The summed E-state index contributed by atoms with van der Waals surface area (Å²) in [5, 5.41) is 11.3. The molecular formula is C19H14ClN5O4. The van der Waals surface area contributed by atoms with Crippen LogP contribution in [0.1, 0.15) is 5.76 Å². The monoisotopic (exact) mass is 411 g/mol. The minimum atomic E-state index is -0.431. The molecule has 1 aromatic carbocycles. The maximum Gasteiger partial charge on any atom is 0.278 e. The third-order valence-corrected chi connectivity index (χ3v) is 4.20. The first-order valence-corrected chi connectivity index (χ1v) is 8.93. The van der Waals surface area contributed by atoms with Crippen molar-refractivity contribution in [2.24, 2.45) is 0 Å². The Bertz CT molecular complexity index is 1180. The molecule has 1 amide bonds. The zero-order valence-corrected chi connectivity index (χ0v) is 15.7. The fourth-order valence-corrected chi connectivity index (χ4v) is 2.64. The van der Waals surface area contributed by atoms with Gasteiger partial charge in [-0.15, -0.1) is 0 Å². The molecule has 0 bridgehead atoms. The highest BCUT2D eigenvalue weighted by Gasteiger charge is 2.14. The van der Waals surface area contributed by atoms with E-state index in [0.717, 1.165) is 10.2 Å². The normalized spacial score (nSPS) is 10.8. The topological polar surface area (TPSA) is 116 Å². The van der Waals surface area contributed by atoms with E-state index in [0.29, 0.717) is 16.6 Å². The van der Waals surface area contributed by atoms with Crippen molar-refractivity contribution in [2.75, 3.05) is 0 Å². The van der Waals surface area contributed by atoms with E-state index in [1.165, 1.54) is 18.4 Å². The summed E-state index contributed by atoms with van der Waals surface area (Å²) in [6, 6.07) is 13.1. The van der Waals surface area contributed by atoms with Gasteiger partial charge in [0.15, 0.2) is 0 Å². The summed E-state index contributed by atoms with van der Waals surface area (Å²) in [5.74, 6) is 0.695. The van der Waals surface area contributed by atoms with Gasteiger partial charge in [0.05, 0.1) is 12.8 Å². The molecule has 0 fully saturated rings. The third kappa shape index (κ3) is 4.41. The van der Waals surface area contributed by atoms with Crippen LogP contribution in [0.4, 0.5) is 0 Å². The quantitative estimate of drug-likeness (QED) is 0.518. The number of furan rings is 1. The maximum absolute atomic E-state index is 12.1. The van der Waals surface area contributed by atoms with E-state index in [9.17, 15) is 9.59 Å². The van der Waals surface area contributed by atoms with Crippen LogP contribution in [0, 0.1) is 0 Å². The number of carbonyl (C=O) groups is 1. The molecule has 0 atom stereocenters. The van der Waals surface area contributed by atoms with E-state index in [1.807, 2.05) is 0 Å². The molecule has 1 N–H and O–H groups in total. The van der Waals surface area contributed by atoms with Gasteiger partial charge in [0.1, 0.15) is 18.0 Å². The Labute approximate surface area is 168 Å². The third-order valence-electron chi connectivity index (χ3n) is 3.95. The first-order valence-electron chi connectivity index (χ1n) is 8.56. The number of carbonyl (C=O) groups excluding carboxylic acids is 1. The molecule has 0 aliphatic heterocycles. The number of benzene rings is 1. The molecule has 0 aliphatic carbocycles. The second kappa shape index (κ2) is 8.11. The Morgan fingerprint density at radius 2 is 1.97 bits per heavy atom. The van der Waals surface area contributed by atoms with Gasteiger partial charge in [-0.25, -0.2) is 4.68 Å². The van der Waals surface area contributed by atoms with Crippen LogP contribution in [0.5, 0.6) is 0 Å². The zero-order chi connectivity index (χ0) is 20.2. The van der Waals surface area contributed by atoms with Gasteiger partial charge < -0.3 is 14.3 Å². The Kier molecular flexibility index (Phi) is 5.21. The minimum Gasteiger partial charge on any atom is -0.467 e. The summed E-state index contributed by atoms with van der Waals surface area (Å²) in [5.41, 5.74) is 0.561. The molecule has 4 rings (SSSR count). The predicted molar refractivity (Wildman–Crippen MR) is 103 cm³/mol. The average Bonchev–Trinajstić information content (AvgIpc) is 3.41. The van der Waals surface area contributed by atoms with Crippen molar-refractivity contribution in [3.05, 3.63) is 75.9 Å². The van der Waals surface area contributed by atoms with Crippen LogP contribution >= 0.6 is 11.6 Å². The molecule has 0 aliphatic rings. The molecule has 29 heavy (non-hydrogen) atoms. The summed E-state index contributed by atoms with van der Waals surface area (Å²) in [6.45, 7) is -0.0417. The Morgan fingerprint density at radius 1 is 1.14 bits per heavy atom. The molecule has 146 valence electrons. The Balaban J connectivity index is 1.50. The van der Waals surface area contributed by atoms with Crippen molar-refractivity contribution < 1.29 is 13.7 Å². The lowest BCUT2D eigenvalue weighted by Crippen LogP contribution is -2.33. The van der Waals surface area contributed by atoms with Gasteiger partial charge in [-0.3, -0.25) is 9.59 Å². The summed E-state index contributed by atoms with van der Waals surface area (Å²) >= 11 is 5.88. The molecule has 0 radical (unpaired) electrons. The summed E-state index contributed by atoms with van der Waals surface area (Å²) in [4.78, 5) is 28.5. The summed E-state index contributed by atoms with van der Waals surface area (Å²) < 4.78 is 11.4. The molecule has 10 heteroatoms. The van der Waals surface area contributed by atoms with Gasteiger partial charge >= 0.3 is 0 Å². The second-order valence-corrected chi connectivity index (χ2v) is 6.44. The number of aromatic nitrogens is 4. The molecular weight excluding hydrogens is 398 g/mol. The number of hydrogen-bond acceptors (Lipinski definition) is 7. The van der Waals surface area contributed by atoms with E-state index in [-0.39, 0.29) is 30.6 Å². The molecule has 3 aromatic heterocycles. The smallest absolute Gasteiger partial charge is 0.278 e. The lowest BCUT2D eigenvalue weighted by molar-refractivity contribution is -0.122. The van der Waals surface area contributed by atoms with Gasteiger partial charge in [0, 0.05) is 16.7 Å². The first-order chi connectivity index (χ1) is 14.1. The first kappa shape index (κ1) is 18.6. The van der Waals surface area contributed by atoms with Crippen LogP contribution in [-0.2, 0) is 17.9 Å². The van der Waals surface area contributed by atoms with Crippen LogP contribution in [0.15, 0.2) is 68.5 Å². The molecule has 4 aromatic rings. The van der Waals surface area contributed by atoms with Gasteiger partial charge in [0.2, 0.25) is 11.7 Å². The van der Waals surface area contributed by atoms with E-state index in [2.05, 4.69) is 20.6 Å². The number of amides is 1. The second-order valence-electron chi connectivity index (χ2n) is 6.00. The summed E-state index contributed by atoms with van der Waals surface area (Å²) in [7, 11) is 0. The lowest BCUT2D eigenvalue weighted by Gasteiger charge is -2.06. The molecule has 0 saturated carbocycles. The van der Waals surface area contributed by atoms with Crippen molar-refractivity contribution in [2.45, 2.75) is 13.1 Å². The van der Waals surface area contributed by atoms with Crippen molar-refractivity contribution in [3.63, 3.8) is 0 Å². The molecule has 0 saturated heterocycles. The fraction of sp³-hybridized carbons (Fsp3) is 0.105. The van der Waals surface area contributed by atoms with Crippen molar-refractivity contribution >= 4 is 17.5 Å². The van der Waals surface area contributed by atoms with Crippen molar-refractivity contribution in [1.29, 1.82) is 0 Å². The summed E-state index contributed by atoms with van der Waals surface area (Å²) in [6.07, 6.45) is 1.51. The van der Waals surface area contributed by atoms with Crippen molar-refractivity contribution in [1.82, 2.24) is 25.2 Å². The van der Waals surface area contributed by atoms with Gasteiger partial charge in [-0.1, -0.05) is 16.8 Å². The largest absolute Gasteiger partial charge is 0.467 e.